The monoisotopic (exact) mass is 903 g/mol. The van der Waals surface area contributed by atoms with Crippen LogP contribution in [0.5, 0.6) is 0 Å². The number of hydrogen-bond donors (Lipinski definition) is 0. The Kier molecular flexibility index (Phi) is 52.2. The van der Waals surface area contributed by atoms with Crippen LogP contribution in [0.15, 0.2) is 12.2 Å². The van der Waals surface area contributed by atoms with Crippen molar-refractivity contribution in [2.75, 3.05) is 13.2 Å². The molecule has 0 saturated heterocycles. The van der Waals surface area contributed by atoms with E-state index in [2.05, 4.69) is 32.9 Å². The van der Waals surface area contributed by atoms with E-state index in [9.17, 15) is 14.4 Å². The summed E-state index contributed by atoms with van der Waals surface area (Å²) < 4.78 is 16.8. The molecule has 0 amide bonds. The molecule has 0 aromatic rings. The first kappa shape index (κ1) is 62.1. The van der Waals surface area contributed by atoms with Gasteiger partial charge in [-0.05, 0) is 44.9 Å². The predicted octanol–water partition coefficient (Wildman–Crippen LogP) is 18.9. The average Bonchev–Trinajstić information content (AvgIpc) is 3.29. The molecule has 0 aromatic carbocycles. The van der Waals surface area contributed by atoms with Gasteiger partial charge in [-0.25, -0.2) is 0 Å². The Bertz CT molecular complexity index is 993. The molecule has 0 aliphatic carbocycles. The number of esters is 3. The maximum Gasteiger partial charge on any atom is 0.306 e. The second kappa shape index (κ2) is 53.8. The summed E-state index contributed by atoms with van der Waals surface area (Å²) in [7, 11) is 0. The Balaban J connectivity index is 4.03. The van der Waals surface area contributed by atoms with Crippen molar-refractivity contribution >= 4 is 17.9 Å². The molecular formula is C58H110O6. The van der Waals surface area contributed by atoms with Gasteiger partial charge in [0.25, 0.3) is 0 Å². The summed E-state index contributed by atoms with van der Waals surface area (Å²) in [5.41, 5.74) is 0. The first-order valence-electron chi connectivity index (χ1n) is 28.7. The molecule has 0 N–H and O–H groups in total. The Morgan fingerprint density at radius 2 is 0.516 bits per heavy atom. The lowest BCUT2D eigenvalue weighted by Crippen LogP contribution is -2.30. The Morgan fingerprint density at radius 1 is 0.297 bits per heavy atom. The highest BCUT2D eigenvalue weighted by atomic mass is 16.6. The Hall–Kier alpha value is -1.85. The van der Waals surface area contributed by atoms with E-state index in [-0.39, 0.29) is 31.1 Å². The summed E-state index contributed by atoms with van der Waals surface area (Å²) in [6, 6.07) is 0. The molecule has 0 aliphatic rings. The van der Waals surface area contributed by atoms with Crippen molar-refractivity contribution in [3.63, 3.8) is 0 Å². The van der Waals surface area contributed by atoms with Gasteiger partial charge in [-0.1, -0.05) is 270 Å². The first-order valence-corrected chi connectivity index (χ1v) is 28.7. The van der Waals surface area contributed by atoms with Crippen LogP contribution >= 0.6 is 0 Å². The van der Waals surface area contributed by atoms with E-state index >= 15 is 0 Å². The fraction of sp³-hybridized carbons (Fsp3) is 0.914. The van der Waals surface area contributed by atoms with Gasteiger partial charge >= 0.3 is 17.9 Å². The molecule has 0 radical (unpaired) electrons. The van der Waals surface area contributed by atoms with E-state index in [0.29, 0.717) is 19.3 Å². The van der Waals surface area contributed by atoms with E-state index < -0.39 is 6.10 Å². The van der Waals surface area contributed by atoms with Crippen molar-refractivity contribution in [1.82, 2.24) is 0 Å². The predicted molar refractivity (Wildman–Crippen MR) is 275 cm³/mol. The molecule has 0 fully saturated rings. The fourth-order valence-corrected chi connectivity index (χ4v) is 8.68. The van der Waals surface area contributed by atoms with Crippen molar-refractivity contribution in [2.24, 2.45) is 0 Å². The summed E-state index contributed by atoms with van der Waals surface area (Å²) in [5, 5.41) is 0. The van der Waals surface area contributed by atoms with Gasteiger partial charge in [0.2, 0.25) is 0 Å². The summed E-state index contributed by atoms with van der Waals surface area (Å²) in [5.74, 6) is -0.866. The van der Waals surface area contributed by atoms with E-state index in [1.807, 2.05) is 0 Å². The minimum Gasteiger partial charge on any atom is -0.462 e. The van der Waals surface area contributed by atoms with Crippen LogP contribution in [0.4, 0.5) is 0 Å². The highest BCUT2D eigenvalue weighted by Crippen LogP contribution is 2.17. The third-order valence-corrected chi connectivity index (χ3v) is 13.0. The van der Waals surface area contributed by atoms with E-state index in [4.69, 9.17) is 14.2 Å². The molecule has 0 bridgehead atoms. The largest absolute Gasteiger partial charge is 0.462 e. The lowest BCUT2D eigenvalue weighted by molar-refractivity contribution is -0.167. The maximum absolute atomic E-state index is 12.7. The molecule has 6 nitrogen and oxygen atoms in total. The molecule has 0 aliphatic heterocycles. The zero-order valence-corrected chi connectivity index (χ0v) is 43.3. The van der Waals surface area contributed by atoms with Gasteiger partial charge < -0.3 is 14.2 Å². The SMILES string of the molecule is CCCCCC/C=C\CCCCCCCC(=O)OC(COC(=O)CCCCCCCCC)COC(=O)CCCCCCCCCCCCCCCCCCCCCCCCCCCC. The molecule has 0 rings (SSSR count). The molecule has 378 valence electrons. The molecule has 0 aromatic heterocycles. The van der Waals surface area contributed by atoms with Crippen molar-refractivity contribution < 1.29 is 28.6 Å². The quantitative estimate of drug-likeness (QED) is 0.0262. The van der Waals surface area contributed by atoms with Crippen LogP contribution in [0.3, 0.4) is 0 Å². The zero-order valence-electron chi connectivity index (χ0n) is 43.3. The van der Waals surface area contributed by atoms with Crippen molar-refractivity contribution in [3.05, 3.63) is 12.2 Å². The number of carbonyl (C=O) groups is 3. The molecular weight excluding hydrogens is 793 g/mol. The number of unbranched alkanes of at least 4 members (excludes halogenated alkanes) is 40. The third kappa shape index (κ3) is 51.1. The third-order valence-electron chi connectivity index (χ3n) is 13.0. The molecule has 0 heterocycles. The standard InChI is InChI=1S/C58H110O6/c1-4-7-10-13-16-18-20-22-23-24-25-26-27-28-29-30-31-32-33-34-36-37-39-42-45-48-51-57(60)63-54-55(53-62-56(59)50-47-44-41-15-12-9-6-3)64-58(61)52-49-46-43-40-38-35-21-19-17-14-11-8-5-2/h19,21,55H,4-18,20,22-54H2,1-3H3/b21-19-. The van der Waals surface area contributed by atoms with E-state index in [1.165, 1.54) is 218 Å². The van der Waals surface area contributed by atoms with Gasteiger partial charge in [0.1, 0.15) is 13.2 Å². The van der Waals surface area contributed by atoms with Crippen LogP contribution in [0, 0.1) is 0 Å². The minimum atomic E-state index is -0.767. The van der Waals surface area contributed by atoms with Crippen LogP contribution < -0.4 is 0 Å². The summed E-state index contributed by atoms with van der Waals surface area (Å²) >= 11 is 0. The van der Waals surface area contributed by atoms with Crippen LogP contribution in [-0.2, 0) is 28.6 Å². The topological polar surface area (TPSA) is 78.9 Å². The van der Waals surface area contributed by atoms with Crippen LogP contribution in [0.1, 0.15) is 323 Å². The van der Waals surface area contributed by atoms with E-state index in [1.54, 1.807) is 0 Å². The van der Waals surface area contributed by atoms with Crippen molar-refractivity contribution in [3.8, 4) is 0 Å². The van der Waals surface area contributed by atoms with Gasteiger partial charge in [0.05, 0.1) is 0 Å². The van der Waals surface area contributed by atoms with Gasteiger partial charge in [-0.3, -0.25) is 14.4 Å². The highest BCUT2D eigenvalue weighted by molar-refractivity contribution is 5.71. The van der Waals surface area contributed by atoms with Crippen molar-refractivity contribution in [1.29, 1.82) is 0 Å². The smallest absolute Gasteiger partial charge is 0.306 e. The second-order valence-electron chi connectivity index (χ2n) is 19.6. The first-order chi connectivity index (χ1) is 31.5. The molecule has 0 spiro atoms. The normalized spacial score (nSPS) is 12.0. The molecule has 64 heavy (non-hydrogen) atoms. The number of carbonyl (C=O) groups excluding carboxylic acids is 3. The summed E-state index contributed by atoms with van der Waals surface area (Å²) in [4.78, 5) is 37.8. The molecule has 1 atom stereocenters. The second-order valence-corrected chi connectivity index (χ2v) is 19.6. The summed E-state index contributed by atoms with van der Waals surface area (Å²) in [6.07, 6.45) is 61.0. The number of allylic oxidation sites excluding steroid dienone is 2. The average molecular weight is 904 g/mol. The van der Waals surface area contributed by atoms with Gasteiger partial charge in [-0.2, -0.15) is 0 Å². The van der Waals surface area contributed by atoms with Crippen LogP contribution in [0.2, 0.25) is 0 Å². The van der Waals surface area contributed by atoms with E-state index in [0.717, 1.165) is 64.2 Å². The van der Waals surface area contributed by atoms with Gasteiger partial charge in [0.15, 0.2) is 6.10 Å². The summed E-state index contributed by atoms with van der Waals surface area (Å²) in [6.45, 7) is 6.62. The number of ether oxygens (including phenoxy) is 3. The lowest BCUT2D eigenvalue weighted by atomic mass is 10.0. The van der Waals surface area contributed by atoms with Gasteiger partial charge in [0, 0.05) is 19.3 Å². The number of hydrogen-bond acceptors (Lipinski definition) is 6. The van der Waals surface area contributed by atoms with Crippen LogP contribution in [0.25, 0.3) is 0 Å². The number of rotatable bonds is 53. The van der Waals surface area contributed by atoms with Crippen molar-refractivity contribution in [2.45, 2.75) is 329 Å². The van der Waals surface area contributed by atoms with Crippen LogP contribution in [-0.4, -0.2) is 37.2 Å². The molecule has 1 unspecified atom stereocenters. The Morgan fingerprint density at radius 3 is 0.797 bits per heavy atom. The molecule has 6 heteroatoms. The molecule has 0 saturated carbocycles. The van der Waals surface area contributed by atoms with Gasteiger partial charge in [-0.15, -0.1) is 0 Å². The lowest BCUT2D eigenvalue weighted by Gasteiger charge is -2.18. The highest BCUT2D eigenvalue weighted by Gasteiger charge is 2.19. The maximum atomic E-state index is 12.7. The zero-order chi connectivity index (χ0) is 46.5. The minimum absolute atomic E-state index is 0.0686. The Labute approximate surface area is 399 Å². The fourth-order valence-electron chi connectivity index (χ4n) is 8.68.